The number of carbonyl (C=O) groups excluding carboxylic acids is 1. The van der Waals surface area contributed by atoms with Gasteiger partial charge in [-0.05, 0) is 49.4 Å². The molecular formula is C18H33IO. The Morgan fingerprint density at radius 1 is 1.25 bits per heavy atom. The molecule has 4 atom stereocenters. The molecule has 1 fully saturated rings. The van der Waals surface area contributed by atoms with Crippen molar-refractivity contribution >= 4 is 28.4 Å². The second-order valence-electron chi connectivity index (χ2n) is 7.59. The van der Waals surface area contributed by atoms with Gasteiger partial charge < -0.3 is 0 Å². The lowest BCUT2D eigenvalue weighted by Gasteiger charge is -2.39. The Hall–Kier alpha value is 0.400. The average molecular weight is 393 g/mol. The Kier molecular flexibility index (Phi) is 7.51. The maximum absolute atomic E-state index is 12.0. The highest BCUT2D eigenvalue weighted by molar-refractivity contribution is 14.1. The normalized spacial score (nSPS) is 31.8. The molecule has 1 aliphatic carbocycles. The zero-order valence-corrected chi connectivity index (χ0v) is 16.2. The zero-order valence-electron chi connectivity index (χ0n) is 14.0. The van der Waals surface area contributed by atoms with Crippen LogP contribution in [-0.4, -0.2) is 10.2 Å². The highest BCUT2D eigenvalue weighted by Gasteiger charge is 2.49. The van der Waals surface area contributed by atoms with Crippen LogP contribution < -0.4 is 0 Å². The zero-order chi connectivity index (χ0) is 15.3. The SMILES string of the molecule is CC(C)CCC[C@@H](C)[C@H]1CC[C@@H](C([13CH3])=O)[C@]1(C)CCI. The summed E-state index contributed by atoms with van der Waals surface area (Å²) in [5, 5.41) is 0. The molecule has 0 aliphatic heterocycles. The largest absolute Gasteiger partial charge is 0.300 e. The van der Waals surface area contributed by atoms with E-state index < -0.39 is 0 Å². The van der Waals surface area contributed by atoms with Crippen LogP contribution in [0.25, 0.3) is 0 Å². The molecule has 0 spiro atoms. The molecule has 0 aromatic heterocycles. The van der Waals surface area contributed by atoms with E-state index in [1.54, 1.807) is 0 Å². The number of hydrogen-bond acceptors (Lipinski definition) is 1. The molecule has 1 aliphatic rings. The first kappa shape index (κ1) is 18.4. The number of hydrogen-bond donors (Lipinski definition) is 0. The van der Waals surface area contributed by atoms with Crippen LogP contribution in [-0.2, 0) is 4.79 Å². The van der Waals surface area contributed by atoms with E-state index in [4.69, 9.17) is 0 Å². The summed E-state index contributed by atoms with van der Waals surface area (Å²) >= 11 is 2.48. The molecular weight excluding hydrogens is 360 g/mol. The smallest absolute Gasteiger partial charge is 0.133 e. The fourth-order valence-corrected chi connectivity index (χ4v) is 5.64. The van der Waals surface area contributed by atoms with Crippen LogP contribution in [0.4, 0.5) is 0 Å². The molecule has 0 heterocycles. The first-order valence-electron chi connectivity index (χ1n) is 8.39. The van der Waals surface area contributed by atoms with Crippen molar-refractivity contribution in [2.24, 2.45) is 29.1 Å². The van der Waals surface area contributed by atoms with Crippen LogP contribution >= 0.6 is 22.6 Å². The lowest BCUT2D eigenvalue weighted by atomic mass is 9.66. The van der Waals surface area contributed by atoms with Gasteiger partial charge in [0.15, 0.2) is 0 Å². The van der Waals surface area contributed by atoms with Gasteiger partial charge in [0.1, 0.15) is 5.78 Å². The standard InChI is InChI=1S/C18H33IO/c1-13(2)7-6-8-14(3)16-9-10-17(15(4)20)18(16,5)11-12-19/h13-14,16-17H,6-12H2,1-5H3/t14-,16-,17+,18-/m1/s1/i4+1. The monoisotopic (exact) mass is 393 g/mol. The maximum Gasteiger partial charge on any atom is 0.133 e. The van der Waals surface area contributed by atoms with Gasteiger partial charge in [0.05, 0.1) is 0 Å². The molecule has 0 N–H and O–H groups in total. The Morgan fingerprint density at radius 2 is 1.90 bits per heavy atom. The molecule has 2 heteroatoms. The molecule has 0 aromatic rings. The quantitative estimate of drug-likeness (QED) is 0.285. The van der Waals surface area contributed by atoms with Crippen LogP contribution in [0.15, 0.2) is 0 Å². The van der Waals surface area contributed by atoms with Crippen molar-refractivity contribution in [2.75, 3.05) is 4.43 Å². The number of rotatable bonds is 8. The predicted molar refractivity (Wildman–Crippen MR) is 96.4 cm³/mol. The Labute approximate surface area is 139 Å². The Morgan fingerprint density at radius 3 is 2.40 bits per heavy atom. The minimum atomic E-state index is 0.254. The molecule has 1 saturated carbocycles. The molecule has 1 nitrogen and oxygen atoms in total. The summed E-state index contributed by atoms with van der Waals surface area (Å²) in [6.45, 7) is 11.3. The average Bonchev–Trinajstić information content (AvgIpc) is 2.66. The maximum atomic E-state index is 12.0. The predicted octanol–water partition coefficient (Wildman–Crippen LogP) is 5.90. The van der Waals surface area contributed by atoms with Crippen molar-refractivity contribution in [1.29, 1.82) is 0 Å². The van der Waals surface area contributed by atoms with Crippen molar-refractivity contribution in [3.8, 4) is 0 Å². The molecule has 1 rings (SSSR count). The minimum absolute atomic E-state index is 0.254. The van der Waals surface area contributed by atoms with Gasteiger partial charge >= 0.3 is 0 Å². The number of ketones is 1. The fourth-order valence-electron chi connectivity index (χ4n) is 4.48. The summed E-state index contributed by atoms with van der Waals surface area (Å²) in [4.78, 5) is 12.0. The lowest BCUT2D eigenvalue weighted by Crippen LogP contribution is -2.36. The van der Waals surface area contributed by atoms with Crippen LogP contribution in [0.1, 0.15) is 73.1 Å². The molecule has 0 saturated heterocycles. The van der Waals surface area contributed by atoms with E-state index in [9.17, 15) is 4.79 Å². The third kappa shape index (κ3) is 4.45. The molecule has 0 radical (unpaired) electrons. The van der Waals surface area contributed by atoms with Crippen LogP contribution in [0, 0.1) is 29.1 Å². The molecule has 118 valence electrons. The van der Waals surface area contributed by atoms with E-state index in [0.29, 0.717) is 11.7 Å². The van der Waals surface area contributed by atoms with Gasteiger partial charge in [-0.1, -0.05) is 69.5 Å². The summed E-state index contributed by atoms with van der Waals surface area (Å²) in [5.41, 5.74) is 0.254. The van der Waals surface area contributed by atoms with Gasteiger partial charge in [0, 0.05) is 10.3 Å². The molecule has 0 amide bonds. The van der Waals surface area contributed by atoms with Gasteiger partial charge in [0.25, 0.3) is 0 Å². The van der Waals surface area contributed by atoms with Crippen LogP contribution in [0.5, 0.6) is 0 Å². The van der Waals surface area contributed by atoms with E-state index in [0.717, 1.165) is 24.2 Å². The summed E-state index contributed by atoms with van der Waals surface area (Å²) in [6.07, 6.45) is 7.62. The van der Waals surface area contributed by atoms with Crippen molar-refractivity contribution < 1.29 is 4.79 Å². The van der Waals surface area contributed by atoms with E-state index in [-0.39, 0.29) is 5.41 Å². The Balaban J connectivity index is 2.69. The second kappa shape index (κ2) is 8.14. The summed E-state index contributed by atoms with van der Waals surface area (Å²) in [7, 11) is 0. The van der Waals surface area contributed by atoms with E-state index >= 15 is 0 Å². The van der Waals surface area contributed by atoms with Gasteiger partial charge in [-0.25, -0.2) is 0 Å². The van der Waals surface area contributed by atoms with Crippen molar-refractivity contribution in [3.63, 3.8) is 0 Å². The molecule has 0 aromatic carbocycles. The van der Waals surface area contributed by atoms with Gasteiger partial charge in [0.2, 0.25) is 0 Å². The summed E-state index contributed by atoms with van der Waals surface area (Å²) in [6, 6.07) is 0. The lowest BCUT2D eigenvalue weighted by molar-refractivity contribution is -0.124. The van der Waals surface area contributed by atoms with Gasteiger partial charge in [-0.2, -0.15) is 0 Å². The number of alkyl halides is 1. The van der Waals surface area contributed by atoms with Crippen LogP contribution in [0.2, 0.25) is 0 Å². The molecule has 20 heavy (non-hydrogen) atoms. The van der Waals surface area contributed by atoms with Gasteiger partial charge in [-0.3, -0.25) is 4.79 Å². The van der Waals surface area contributed by atoms with E-state index in [1.165, 1.54) is 36.5 Å². The van der Waals surface area contributed by atoms with Gasteiger partial charge in [-0.15, -0.1) is 0 Å². The topological polar surface area (TPSA) is 17.1 Å². The van der Waals surface area contributed by atoms with E-state index in [2.05, 4.69) is 50.3 Å². The third-order valence-electron chi connectivity index (χ3n) is 5.66. The minimum Gasteiger partial charge on any atom is -0.300 e. The number of carbonyl (C=O) groups is 1. The number of halogens is 1. The summed E-state index contributed by atoms with van der Waals surface area (Å²) < 4.78 is 1.17. The number of Topliss-reactive ketones (excluding diaryl/α,β-unsaturated/α-hetero) is 1. The van der Waals surface area contributed by atoms with Crippen LogP contribution in [0.3, 0.4) is 0 Å². The summed E-state index contributed by atoms with van der Waals surface area (Å²) in [5.74, 6) is 3.07. The first-order chi connectivity index (χ1) is 9.32. The van der Waals surface area contributed by atoms with Crippen molar-refractivity contribution in [3.05, 3.63) is 0 Å². The van der Waals surface area contributed by atoms with E-state index in [1.807, 2.05) is 6.92 Å². The second-order valence-corrected chi connectivity index (χ2v) is 8.67. The molecule has 0 bridgehead atoms. The molecule has 0 unspecified atom stereocenters. The van der Waals surface area contributed by atoms with Crippen molar-refractivity contribution in [1.82, 2.24) is 0 Å². The third-order valence-corrected chi connectivity index (χ3v) is 6.20. The fraction of sp³-hybridized carbons (Fsp3) is 0.944. The Bertz CT molecular complexity index is 313. The highest BCUT2D eigenvalue weighted by atomic mass is 127. The highest BCUT2D eigenvalue weighted by Crippen LogP contribution is 2.54. The first-order valence-corrected chi connectivity index (χ1v) is 9.91. The van der Waals surface area contributed by atoms with Crippen molar-refractivity contribution in [2.45, 2.75) is 73.1 Å².